The first-order chi connectivity index (χ1) is 15.7. The molecule has 32 heavy (non-hydrogen) atoms. The Kier molecular flexibility index (Phi) is 10.3. The minimum Gasteiger partial charge on any atom is -0.462 e. The van der Waals surface area contributed by atoms with E-state index in [1.54, 1.807) is 0 Å². The average molecular weight is 435 g/mol. The number of unbranched alkanes of at least 4 members (excludes halogenated alkanes) is 8. The zero-order chi connectivity index (χ0) is 22.6. The number of hydrogen-bond donors (Lipinski definition) is 0. The molecule has 0 N–H and O–H groups in total. The number of ether oxygens (including phenoxy) is 1. The largest absolute Gasteiger partial charge is 0.462 e. The molecule has 0 radical (unpaired) electrons. The SMILES string of the molecule is CCCCCCCCCCCc1cnc(-c2ccc(OC3=CC(CC)CC3)c(C)c2)nc1. The quantitative estimate of drug-likeness (QED) is 0.279. The Balaban J connectivity index is 1.43. The fourth-order valence-electron chi connectivity index (χ4n) is 4.48. The molecule has 174 valence electrons. The van der Waals surface area contributed by atoms with Gasteiger partial charge in [0, 0.05) is 24.4 Å². The maximum absolute atomic E-state index is 6.16. The van der Waals surface area contributed by atoms with E-state index in [0.717, 1.165) is 41.3 Å². The highest BCUT2D eigenvalue weighted by atomic mass is 16.5. The molecule has 0 saturated heterocycles. The van der Waals surface area contributed by atoms with E-state index in [9.17, 15) is 0 Å². The standard InChI is InChI=1S/C29H42N2O/c1-4-6-7-8-9-10-11-12-13-14-25-21-30-29(31-22-25)26-16-18-28(23(3)19-26)32-27-17-15-24(5-2)20-27/h16,18-22,24H,4-15,17H2,1-3H3. The highest BCUT2D eigenvalue weighted by Crippen LogP contribution is 2.31. The van der Waals surface area contributed by atoms with E-state index in [0.29, 0.717) is 5.92 Å². The maximum atomic E-state index is 6.16. The van der Waals surface area contributed by atoms with E-state index in [4.69, 9.17) is 4.74 Å². The summed E-state index contributed by atoms with van der Waals surface area (Å²) < 4.78 is 6.16. The van der Waals surface area contributed by atoms with Crippen LogP contribution in [0.5, 0.6) is 5.75 Å². The first kappa shape index (κ1) is 24.5. The Morgan fingerprint density at radius 2 is 1.59 bits per heavy atom. The van der Waals surface area contributed by atoms with Gasteiger partial charge in [0.05, 0.1) is 0 Å². The third-order valence-electron chi connectivity index (χ3n) is 6.66. The number of hydrogen-bond acceptors (Lipinski definition) is 3. The van der Waals surface area contributed by atoms with Crippen molar-refractivity contribution in [3.8, 4) is 17.1 Å². The summed E-state index contributed by atoms with van der Waals surface area (Å²) in [5, 5.41) is 0. The van der Waals surface area contributed by atoms with Crippen LogP contribution in [0.2, 0.25) is 0 Å². The zero-order valence-electron chi connectivity index (χ0n) is 20.5. The van der Waals surface area contributed by atoms with Gasteiger partial charge in [-0.1, -0.05) is 65.2 Å². The van der Waals surface area contributed by atoms with Gasteiger partial charge in [-0.25, -0.2) is 9.97 Å². The summed E-state index contributed by atoms with van der Waals surface area (Å²) in [5.74, 6) is 3.53. The molecule has 0 amide bonds. The van der Waals surface area contributed by atoms with E-state index in [1.807, 2.05) is 12.4 Å². The van der Waals surface area contributed by atoms with E-state index in [-0.39, 0.29) is 0 Å². The lowest BCUT2D eigenvalue weighted by molar-refractivity contribution is 0.408. The van der Waals surface area contributed by atoms with Crippen LogP contribution in [0.15, 0.2) is 42.4 Å². The average Bonchev–Trinajstić information content (AvgIpc) is 3.27. The molecule has 1 atom stereocenters. The molecule has 3 nitrogen and oxygen atoms in total. The van der Waals surface area contributed by atoms with Crippen LogP contribution in [0.25, 0.3) is 11.4 Å². The second kappa shape index (κ2) is 13.4. The number of aromatic nitrogens is 2. The Labute approximate surface area is 195 Å². The predicted octanol–water partition coefficient (Wildman–Crippen LogP) is 8.61. The number of nitrogens with zero attached hydrogens (tertiary/aromatic N) is 2. The number of benzene rings is 1. The lowest BCUT2D eigenvalue weighted by Gasteiger charge is -2.11. The number of aryl methyl sites for hydroxylation is 2. The van der Waals surface area contributed by atoms with Gasteiger partial charge in [-0.2, -0.15) is 0 Å². The minimum atomic E-state index is 0.673. The fourth-order valence-corrected chi connectivity index (χ4v) is 4.48. The Morgan fingerprint density at radius 3 is 2.22 bits per heavy atom. The summed E-state index contributed by atoms with van der Waals surface area (Å²) in [7, 11) is 0. The molecular formula is C29H42N2O. The molecule has 3 rings (SSSR count). The molecular weight excluding hydrogens is 392 g/mol. The van der Waals surface area contributed by atoms with Crippen LogP contribution < -0.4 is 4.74 Å². The van der Waals surface area contributed by atoms with Crippen LogP contribution in [0, 0.1) is 12.8 Å². The molecule has 1 aromatic carbocycles. The lowest BCUT2D eigenvalue weighted by atomic mass is 10.0. The van der Waals surface area contributed by atoms with Gasteiger partial charge in [0.15, 0.2) is 5.82 Å². The van der Waals surface area contributed by atoms with Gasteiger partial charge in [0.25, 0.3) is 0 Å². The van der Waals surface area contributed by atoms with Gasteiger partial charge < -0.3 is 4.74 Å². The van der Waals surface area contributed by atoms with E-state index in [1.165, 1.54) is 76.2 Å². The highest BCUT2D eigenvalue weighted by Gasteiger charge is 2.16. The van der Waals surface area contributed by atoms with Crippen molar-refractivity contribution in [1.29, 1.82) is 0 Å². The van der Waals surface area contributed by atoms with Crippen LogP contribution in [0.4, 0.5) is 0 Å². The van der Waals surface area contributed by atoms with Gasteiger partial charge in [0.2, 0.25) is 0 Å². The number of allylic oxidation sites excluding steroid dienone is 2. The monoisotopic (exact) mass is 434 g/mol. The topological polar surface area (TPSA) is 35.0 Å². The van der Waals surface area contributed by atoms with Crippen LogP contribution in [-0.4, -0.2) is 9.97 Å². The Bertz CT molecular complexity index is 841. The van der Waals surface area contributed by atoms with E-state index in [2.05, 4.69) is 55.0 Å². The van der Waals surface area contributed by atoms with Crippen molar-refractivity contribution in [2.45, 2.75) is 104 Å². The molecule has 0 aliphatic heterocycles. The third kappa shape index (κ3) is 7.76. The van der Waals surface area contributed by atoms with Crippen LogP contribution in [0.1, 0.15) is 102 Å². The van der Waals surface area contributed by atoms with Crippen LogP contribution in [0.3, 0.4) is 0 Å². The van der Waals surface area contributed by atoms with Crippen molar-refractivity contribution in [3.05, 3.63) is 53.6 Å². The van der Waals surface area contributed by atoms with Gasteiger partial charge >= 0.3 is 0 Å². The summed E-state index contributed by atoms with van der Waals surface area (Å²) in [6.07, 6.45) is 23.1. The summed E-state index contributed by atoms with van der Waals surface area (Å²) in [4.78, 5) is 9.28. The predicted molar refractivity (Wildman–Crippen MR) is 135 cm³/mol. The summed E-state index contributed by atoms with van der Waals surface area (Å²) in [6.45, 7) is 6.62. The Hall–Kier alpha value is -2.16. The third-order valence-corrected chi connectivity index (χ3v) is 6.66. The van der Waals surface area contributed by atoms with E-state index >= 15 is 0 Å². The molecule has 1 heterocycles. The van der Waals surface area contributed by atoms with Gasteiger partial charge in [-0.15, -0.1) is 0 Å². The van der Waals surface area contributed by atoms with Crippen molar-refractivity contribution in [3.63, 3.8) is 0 Å². The molecule has 0 bridgehead atoms. The normalized spacial score (nSPS) is 15.7. The second-order valence-electron chi connectivity index (χ2n) is 9.42. The molecule has 1 aliphatic carbocycles. The molecule has 2 aromatic rings. The van der Waals surface area contributed by atoms with Crippen molar-refractivity contribution in [1.82, 2.24) is 9.97 Å². The van der Waals surface area contributed by atoms with Gasteiger partial charge in [-0.3, -0.25) is 0 Å². The smallest absolute Gasteiger partial charge is 0.159 e. The van der Waals surface area contributed by atoms with Crippen LogP contribution in [-0.2, 0) is 6.42 Å². The van der Waals surface area contributed by atoms with Crippen molar-refractivity contribution in [2.24, 2.45) is 5.92 Å². The number of rotatable bonds is 14. The lowest BCUT2D eigenvalue weighted by Crippen LogP contribution is -1.96. The molecule has 0 fully saturated rings. The fraction of sp³-hybridized carbons (Fsp3) is 0.586. The van der Waals surface area contributed by atoms with E-state index < -0.39 is 0 Å². The maximum Gasteiger partial charge on any atom is 0.159 e. The van der Waals surface area contributed by atoms with Crippen LogP contribution >= 0.6 is 0 Å². The van der Waals surface area contributed by atoms with Crippen molar-refractivity contribution >= 4 is 0 Å². The van der Waals surface area contributed by atoms with Crippen molar-refractivity contribution in [2.75, 3.05) is 0 Å². The Morgan fingerprint density at radius 1 is 0.906 bits per heavy atom. The summed E-state index contributed by atoms with van der Waals surface area (Å²) in [6, 6.07) is 6.27. The zero-order valence-corrected chi connectivity index (χ0v) is 20.5. The van der Waals surface area contributed by atoms with Gasteiger partial charge in [-0.05, 0) is 73.9 Å². The highest BCUT2D eigenvalue weighted by molar-refractivity contribution is 5.58. The van der Waals surface area contributed by atoms with Gasteiger partial charge in [0.1, 0.15) is 11.5 Å². The van der Waals surface area contributed by atoms with Crippen molar-refractivity contribution < 1.29 is 4.74 Å². The molecule has 0 spiro atoms. The molecule has 0 saturated carbocycles. The molecule has 1 unspecified atom stereocenters. The molecule has 1 aromatic heterocycles. The first-order valence-electron chi connectivity index (χ1n) is 13.0. The summed E-state index contributed by atoms with van der Waals surface area (Å²) in [5.41, 5.74) is 3.43. The summed E-state index contributed by atoms with van der Waals surface area (Å²) >= 11 is 0. The minimum absolute atomic E-state index is 0.673. The molecule has 3 heteroatoms. The second-order valence-corrected chi connectivity index (χ2v) is 9.42. The molecule has 1 aliphatic rings. The first-order valence-corrected chi connectivity index (χ1v) is 13.0.